The fourth-order valence-electron chi connectivity index (χ4n) is 3.19. The Morgan fingerprint density at radius 3 is 2.46 bits per heavy atom. The van der Waals surface area contributed by atoms with Crippen molar-refractivity contribution in [1.82, 2.24) is 9.88 Å². The zero-order valence-corrected chi connectivity index (χ0v) is 15.0. The Morgan fingerprint density at radius 2 is 1.71 bits per heavy atom. The van der Waals surface area contributed by atoms with Gasteiger partial charge in [-0.25, -0.2) is 0 Å². The van der Waals surface area contributed by atoms with E-state index in [1.54, 1.807) is 11.8 Å². The summed E-state index contributed by atoms with van der Waals surface area (Å²) in [5.41, 5.74) is 3.69. The molecule has 122 valence electrons. The molecule has 6 heteroatoms. The zero-order valence-electron chi connectivity index (χ0n) is 13.2. The van der Waals surface area contributed by atoms with Crippen molar-refractivity contribution in [2.45, 2.75) is 4.90 Å². The molecule has 0 saturated carbocycles. The summed E-state index contributed by atoms with van der Waals surface area (Å²) in [5, 5.41) is 3.25. The Labute approximate surface area is 150 Å². The molecular formula is C18H16N2O2S2. The van der Waals surface area contributed by atoms with Gasteiger partial charge in [0.2, 0.25) is 0 Å². The summed E-state index contributed by atoms with van der Waals surface area (Å²) in [6.07, 6.45) is 3.91. The van der Waals surface area contributed by atoms with Gasteiger partial charge in [0.25, 0.3) is 11.8 Å². The maximum absolute atomic E-state index is 12.4. The number of carbonyl (C=O) groups is 2. The highest BCUT2D eigenvalue weighted by molar-refractivity contribution is 7.98. The number of imide groups is 1. The summed E-state index contributed by atoms with van der Waals surface area (Å²) in [6, 6.07) is 11.8. The van der Waals surface area contributed by atoms with Crippen LogP contribution < -0.4 is 5.32 Å². The third-order valence-corrected chi connectivity index (χ3v) is 5.06. The van der Waals surface area contributed by atoms with Crippen LogP contribution in [0.25, 0.3) is 22.0 Å². The fraction of sp³-hybridized carbons (Fsp3) is 0.111. The van der Waals surface area contributed by atoms with E-state index in [0.717, 1.165) is 26.9 Å². The number of hydrogen-bond donors (Lipinski definition) is 1. The van der Waals surface area contributed by atoms with Crippen LogP contribution in [0.4, 0.5) is 0 Å². The quantitative estimate of drug-likeness (QED) is 0.564. The normalized spacial score (nSPS) is 12.9. The SMILES string of the molecule is CSc1ccccc1-c1cc2c(ccn2C)c2c1C(=O)NC2=O.S. The van der Waals surface area contributed by atoms with Crippen molar-refractivity contribution in [3.05, 3.63) is 53.7 Å². The maximum atomic E-state index is 12.4. The first-order valence-electron chi connectivity index (χ1n) is 7.23. The molecular weight excluding hydrogens is 340 g/mol. The Hall–Kier alpha value is -2.18. The van der Waals surface area contributed by atoms with Crippen LogP contribution in [0.5, 0.6) is 0 Å². The van der Waals surface area contributed by atoms with Crippen LogP contribution in [0.2, 0.25) is 0 Å². The van der Waals surface area contributed by atoms with Gasteiger partial charge >= 0.3 is 0 Å². The van der Waals surface area contributed by atoms with Crippen molar-refractivity contribution < 1.29 is 9.59 Å². The van der Waals surface area contributed by atoms with Gasteiger partial charge in [0.05, 0.1) is 11.1 Å². The minimum atomic E-state index is -0.318. The number of thioether (sulfide) groups is 1. The van der Waals surface area contributed by atoms with Crippen LogP contribution >= 0.6 is 25.3 Å². The molecule has 0 spiro atoms. The molecule has 0 unspecified atom stereocenters. The number of hydrogen-bond acceptors (Lipinski definition) is 3. The number of benzene rings is 2. The molecule has 24 heavy (non-hydrogen) atoms. The highest BCUT2D eigenvalue weighted by Gasteiger charge is 2.33. The minimum absolute atomic E-state index is 0. The Balaban J connectivity index is 0.00000169. The van der Waals surface area contributed by atoms with Crippen molar-refractivity contribution in [3.8, 4) is 11.1 Å². The number of aryl methyl sites for hydroxylation is 1. The van der Waals surface area contributed by atoms with Gasteiger partial charge in [-0.1, -0.05) is 18.2 Å². The average Bonchev–Trinajstić information content (AvgIpc) is 3.07. The highest BCUT2D eigenvalue weighted by Crippen LogP contribution is 2.39. The van der Waals surface area contributed by atoms with Gasteiger partial charge < -0.3 is 4.57 Å². The second-order valence-corrected chi connectivity index (χ2v) is 6.37. The molecule has 0 radical (unpaired) electrons. The van der Waals surface area contributed by atoms with E-state index < -0.39 is 0 Å². The number of nitrogens with one attached hydrogen (secondary N) is 1. The van der Waals surface area contributed by atoms with Crippen LogP contribution in [0.3, 0.4) is 0 Å². The first-order chi connectivity index (χ1) is 11.1. The van der Waals surface area contributed by atoms with Gasteiger partial charge in [0.1, 0.15) is 0 Å². The number of rotatable bonds is 2. The largest absolute Gasteiger partial charge is 0.351 e. The Morgan fingerprint density at radius 1 is 1.00 bits per heavy atom. The number of nitrogens with zero attached hydrogens (tertiary/aromatic N) is 1. The van der Waals surface area contributed by atoms with E-state index in [1.807, 2.05) is 60.5 Å². The predicted molar refractivity (Wildman–Crippen MR) is 102 cm³/mol. The molecule has 1 aliphatic heterocycles. The molecule has 2 amide bonds. The van der Waals surface area contributed by atoms with E-state index in [-0.39, 0.29) is 25.3 Å². The molecule has 0 bridgehead atoms. The van der Waals surface area contributed by atoms with Crippen LogP contribution in [0.15, 0.2) is 47.5 Å². The molecule has 1 aliphatic rings. The fourth-order valence-corrected chi connectivity index (χ4v) is 3.80. The first kappa shape index (κ1) is 16.7. The second kappa shape index (κ2) is 6.03. The van der Waals surface area contributed by atoms with Gasteiger partial charge in [-0.2, -0.15) is 13.5 Å². The summed E-state index contributed by atoms with van der Waals surface area (Å²) in [5.74, 6) is -0.633. The van der Waals surface area contributed by atoms with E-state index in [0.29, 0.717) is 11.1 Å². The average molecular weight is 356 g/mol. The number of fused-ring (bicyclic) bond motifs is 3. The third-order valence-electron chi connectivity index (χ3n) is 4.27. The summed E-state index contributed by atoms with van der Waals surface area (Å²) in [7, 11) is 1.94. The van der Waals surface area contributed by atoms with Gasteiger partial charge in [-0.15, -0.1) is 11.8 Å². The van der Waals surface area contributed by atoms with Crippen molar-refractivity contribution in [2.75, 3.05) is 6.26 Å². The standard InChI is InChI=1S/C18H14N2O2S.H2S/c1-20-8-7-11-13(20)9-12(10-5-3-4-6-14(10)23-2)16-15(11)17(21)19-18(16)22;/h3-9H,1-2H3,(H,19,21,22);1H2. The third kappa shape index (κ3) is 2.25. The van der Waals surface area contributed by atoms with E-state index in [4.69, 9.17) is 0 Å². The minimum Gasteiger partial charge on any atom is -0.351 e. The molecule has 0 aliphatic carbocycles. The molecule has 0 fully saturated rings. The monoisotopic (exact) mass is 356 g/mol. The summed E-state index contributed by atoms with van der Waals surface area (Å²) >= 11 is 1.63. The van der Waals surface area contributed by atoms with E-state index in [2.05, 4.69) is 5.32 Å². The lowest BCUT2D eigenvalue weighted by atomic mass is 9.94. The van der Waals surface area contributed by atoms with Crippen molar-refractivity contribution >= 4 is 48.0 Å². The molecule has 1 aromatic heterocycles. The van der Waals surface area contributed by atoms with Gasteiger partial charge in [-0.3, -0.25) is 14.9 Å². The van der Waals surface area contributed by atoms with E-state index in [1.165, 1.54) is 0 Å². The molecule has 4 nitrogen and oxygen atoms in total. The molecule has 3 aromatic rings. The predicted octanol–water partition coefficient (Wildman–Crippen LogP) is 3.56. The lowest BCUT2D eigenvalue weighted by molar-refractivity contribution is 0.0880. The summed E-state index contributed by atoms with van der Waals surface area (Å²) in [4.78, 5) is 25.7. The topological polar surface area (TPSA) is 51.1 Å². The second-order valence-electron chi connectivity index (χ2n) is 5.52. The lowest BCUT2D eigenvalue weighted by Gasteiger charge is -2.12. The van der Waals surface area contributed by atoms with Gasteiger partial charge in [0, 0.05) is 29.0 Å². The van der Waals surface area contributed by atoms with Crippen LogP contribution in [-0.4, -0.2) is 22.6 Å². The number of amides is 2. The molecule has 1 N–H and O–H groups in total. The van der Waals surface area contributed by atoms with Crippen molar-refractivity contribution in [3.63, 3.8) is 0 Å². The highest BCUT2D eigenvalue weighted by atomic mass is 32.2. The first-order valence-corrected chi connectivity index (χ1v) is 8.45. The zero-order chi connectivity index (χ0) is 16.1. The van der Waals surface area contributed by atoms with Crippen molar-refractivity contribution in [1.29, 1.82) is 0 Å². The summed E-state index contributed by atoms with van der Waals surface area (Å²) in [6.45, 7) is 0. The Kier molecular flexibility index (Phi) is 4.19. The molecule has 2 aromatic carbocycles. The van der Waals surface area contributed by atoms with E-state index in [9.17, 15) is 9.59 Å². The molecule has 2 heterocycles. The van der Waals surface area contributed by atoms with E-state index >= 15 is 0 Å². The van der Waals surface area contributed by atoms with Crippen LogP contribution in [-0.2, 0) is 7.05 Å². The smallest absolute Gasteiger partial charge is 0.259 e. The van der Waals surface area contributed by atoms with Crippen LogP contribution in [0, 0.1) is 0 Å². The maximum Gasteiger partial charge on any atom is 0.259 e. The molecule has 0 saturated heterocycles. The molecule has 4 rings (SSSR count). The number of carbonyl (C=O) groups excluding carboxylic acids is 2. The van der Waals surface area contributed by atoms with Gasteiger partial charge in [0.15, 0.2) is 0 Å². The van der Waals surface area contributed by atoms with Gasteiger partial charge in [-0.05, 0) is 35.6 Å². The summed E-state index contributed by atoms with van der Waals surface area (Å²) < 4.78 is 1.97. The van der Waals surface area contributed by atoms with Crippen LogP contribution in [0.1, 0.15) is 20.7 Å². The Bertz CT molecular complexity index is 992. The number of aromatic nitrogens is 1. The molecule has 0 atom stereocenters. The lowest BCUT2D eigenvalue weighted by Crippen LogP contribution is -2.20. The van der Waals surface area contributed by atoms with Crippen molar-refractivity contribution in [2.24, 2.45) is 7.05 Å².